The van der Waals surface area contributed by atoms with E-state index in [0.29, 0.717) is 11.6 Å². The van der Waals surface area contributed by atoms with E-state index in [1.54, 1.807) is 0 Å². The number of alkyl halides is 1. The molecule has 0 spiro atoms. The quantitative estimate of drug-likeness (QED) is 0.522. The predicted molar refractivity (Wildman–Crippen MR) is 92.3 cm³/mol. The van der Waals surface area contributed by atoms with E-state index in [2.05, 4.69) is 37.6 Å². The summed E-state index contributed by atoms with van der Waals surface area (Å²) in [5.74, 6) is 0.833. The second kappa shape index (κ2) is 5.99. The van der Waals surface area contributed by atoms with Crippen molar-refractivity contribution in [3.8, 4) is 0 Å². The molecule has 1 unspecified atom stereocenters. The third-order valence-corrected chi connectivity index (χ3v) is 4.33. The largest absolute Gasteiger partial charge is 0.321 e. The van der Waals surface area contributed by atoms with E-state index in [4.69, 9.17) is 23.2 Å². The zero-order valence-electron chi connectivity index (χ0n) is 11.4. The van der Waals surface area contributed by atoms with Gasteiger partial charge in [-0.25, -0.2) is 4.98 Å². The Morgan fingerprint density at radius 2 is 2.00 bits per heavy atom. The second-order valence-corrected chi connectivity index (χ2v) is 6.89. The summed E-state index contributed by atoms with van der Waals surface area (Å²) in [5, 5.41) is 0.513. The van der Waals surface area contributed by atoms with Crippen molar-refractivity contribution in [3.63, 3.8) is 0 Å². The number of benzene rings is 2. The normalized spacial score (nSPS) is 12.8. The van der Waals surface area contributed by atoms with Gasteiger partial charge in [0.25, 0.3) is 0 Å². The summed E-state index contributed by atoms with van der Waals surface area (Å²) >= 11 is 16.2. The van der Waals surface area contributed by atoms with Crippen LogP contribution in [0.15, 0.2) is 46.9 Å². The SMILES string of the molecule is CC(Cl)c1nc2cccc(Cl)c2n1Cc1cccc(Br)c1. The standard InChI is InChI=1S/C16H13BrCl2N2/c1-10(18)16-20-14-7-3-6-13(19)15(14)21(16)9-11-4-2-5-12(17)8-11/h2-8,10H,9H2,1H3. The lowest BCUT2D eigenvalue weighted by Crippen LogP contribution is -2.06. The van der Waals surface area contributed by atoms with Crippen molar-refractivity contribution in [1.29, 1.82) is 0 Å². The number of fused-ring (bicyclic) bond motifs is 1. The smallest absolute Gasteiger partial charge is 0.128 e. The van der Waals surface area contributed by atoms with Crippen molar-refractivity contribution >= 4 is 50.2 Å². The van der Waals surface area contributed by atoms with Crippen molar-refractivity contribution < 1.29 is 0 Å². The Labute approximate surface area is 141 Å². The number of hydrogen-bond donors (Lipinski definition) is 0. The van der Waals surface area contributed by atoms with Crippen LogP contribution in [-0.2, 0) is 6.54 Å². The lowest BCUT2D eigenvalue weighted by atomic mass is 10.2. The summed E-state index contributed by atoms with van der Waals surface area (Å²) < 4.78 is 3.15. The maximum absolute atomic E-state index is 6.36. The van der Waals surface area contributed by atoms with Gasteiger partial charge in [-0.1, -0.05) is 45.7 Å². The van der Waals surface area contributed by atoms with Gasteiger partial charge in [0.05, 0.1) is 21.4 Å². The molecule has 0 N–H and O–H groups in total. The minimum atomic E-state index is -0.180. The summed E-state index contributed by atoms with van der Waals surface area (Å²) in [6.45, 7) is 2.61. The molecule has 3 rings (SSSR count). The van der Waals surface area contributed by atoms with Gasteiger partial charge in [-0.05, 0) is 36.8 Å². The molecular formula is C16H13BrCl2N2. The molecule has 2 nitrogen and oxygen atoms in total. The summed E-state index contributed by atoms with van der Waals surface area (Å²) in [4.78, 5) is 4.63. The van der Waals surface area contributed by atoms with Crippen molar-refractivity contribution in [3.05, 3.63) is 63.3 Å². The third kappa shape index (κ3) is 2.96. The Kier molecular flexibility index (Phi) is 4.25. The second-order valence-electron chi connectivity index (χ2n) is 4.91. The van der Waals surface area contributed by atoms with Crippen molar-refractivity contribution in [2.75, 3.05) is 0 Å². The van der Waals surface area contributed by atoms with Gasteiger partial charge in [0, 0.05) is 11.0 Å². The van der Waals surface area contributed by atoms with Crippen molar-refractivity contribution in [1.82, 2.24) is 9.55 Å². The summed E-state index contributed by atoms with van der Waals surface area (Å²) in [6.07, 6.45) is 0. The van der Waals surface area contributed by atoms with E-state index in [1.165, 1.54) is 5.56 Å². The Morgan fingerprint density at radius 1 is 1.24 bits per heavy atom. The van der Waals surface area contributed by atoms with Crippen LogP contribution in [0.25, 0.3) is 11.0 Å². The van der Waals surface area contributed by atoms with Gasteiger partial charge in [-0.3, -0.25) is 0 Å². The fourth-order valence-corrected chi connectivity index (χ4v) is 3.33. The predicted octanol–water partition coefficient (Wildman–Crippen LogP) is 5.80. The van der Waals surface area contributed by atoms with Crippen LogP contribution in [0.2, 0.25) is 5.02 Å². The van der Waals surface area contributed by atoms with Gasteiger partial charge in [0.1, 0.15) is 5.82 Å². The van der Waals surface area contributed by atoms with Gasteiger partial charge in [0.2, 0.25) is 0 Å². The van der Waals surface area contributed by atoms with Crippen LogP contribution in [0, 0.1) is 0 Å². The van der Waals surface area contributed by atoms with Gasteiger partial charge >= 0.3 is 0 Å². The van der Waals surface area contributed by atoms with Crippen molar-refractivity contribution in [2.45, 2.75) is 18.8 Å². The molecule has 0 saturated carbocycles. The minimum Gasteiger partial charge on any atom is -0.321 e. The van der Waals surface area contributed by atoms with Crippen LogP contribution in [-0.4, -0.2) is 9.55 Å². The average molecular weight is 384 g/mol. The van der Waals surface area contributed by atoms with E-state index in [0.717, 1.165) is 21.3 Å². The average Bonchev–Trinajstić information content (AvgIpc) is 2.79. The molecule has 0 bridgehead atoms. The van der Waals surface area contributed by atoms with E-state index in [1.807, 2.05) is 37.3 Å². The van der Waals surface area contributed by atoms with E-state index in [-0.39, 0.29) is 5.38 Å². The van der Waals surface area contributed by atoms with Gasteiger partial charge in [0.15, 0.2) is 0 Å². The first-order valence-electron chi connectivity index (χ1n) is 6.59. The summed E-state index contributed by atoms with van der Waals surface area (Å²) in [6, 6.07) is 13.9. The first kappa shape index (κ1) is 14.9. The van der Waals surface area contributed by atoms with Gasteiger partial charge in [-0.15, -0.1) is 11.6 Å². The van der Waals surface area contributed by atoms with Crippen LogP contribution in [0.5, 0.6) is 0 Å². The lowest BCUT2D eigenvalue weighted by molar-refractivity contribution is 0.742. The van der Waals surface area contributed by atoms with Crippen LogP contribution >= 0.6 is 39.1 Å². The molecular weight excluding hydrogens is 371 g/mol. The lowest BCUT2D eigenvalue weighted by Gasteiger charge is -2.11. The number of imidazole rings is 1. The molecule has 0 saturated heterocycles. The van der Waals surface area contributed by atoms with E-state index < -0.39 is 0 Å². The van der Waals surface area contributed by atoms with Gasteiger partial charge in [-0.2, -0.15) is 0 Å². The molecule has 108 valence electrons. The van der Waals surface area contributed by atoms with E-state index >= 15 is 0 Å². The topological polar surface area (TPSA) is 17.8 Å². The molecule has 0 radical (unpaired) electrons. The molecule has 0 aliphatic rings. The minimum absolute atomic E-state index is 0.180. The molecule has 0 amide bonds. The molecule has 1 atom stereocenters. The maximum Gasteiger partial charge on any atom is 0.128 e. The van der Waals surface area contributed by atoms with E-state index in [9.17, 15) is 0 Å². The first-order chi connectivity index (χ1) is 10.1. The Hall–Kier alpha value is -1.03. The van der Waals surface area contributed by atoms with Gasteiger partial charge < -0.3 is 4.57 Å². The molecule has 1 aromatic heterocycles. The molecule has 5 heteroatoms. The fourth-order valence-electron chi connectivity index (χ4n) is 2.44. The van der Waals surface area contributed by atoms with Crippen LogP contribution in [0.3, 0.4) is 0 Å². The molecule has 21 heavy (non-hydrogen) atoms. The first-order valence-corrected chi connectivity index (χ1v) is 8.20. The molecule has 3 aromatic rings. The fraction of sp³-hybridized carbons (Fsp3) is 0.188. The molecule has 0 aliphatic heterocycles. The Bertz CT molecular complexity index is 796. The third-order valence-electron chi connectivity index (χ3n) is 3.33. The monoisotopic (exact) mass is 382 g/mol. The van der Waals surface area contributed by atoms with Crippen LogP contribution in [0.1, 0.15) is 23.7 Å². The number of nitrogens with zero attached hydrogens (tertiary/aromatic N) is 2. The highest BCUT2D eigenvalue weighted by Crippen LogP contribution is 2.30. The highest BCUT2D eigenvalue weighted by atomic mass is 79.9. The zero-order valence-corrected chi connectivity index (χ0v) is 14.5. The number of halogens is 3. The Balaban J connectivity index is 2.17. The summed E-state index contributed by atoms with van der Waals surface area (Å²) in [5.41, 5.74) is 2.98. The van der Waals surface area contributed by atoms with Crippen LogP contribution < -0.4 is 0 Å². The van der Waals surface area contributed by atoms with Crippen molar-refractivity contribution in [2.24, 2.45) is 0 Å². The van der Waals surface area contributed by atoms with Crippen LogP contribution in [0.4, 0.5) is 0 Å². The number of hydrogen-bond acceptors (Lipinski definition) is 1. The maximum atomic E-state index is 6.36. The number of aromatic nitrogens is 2. The molecule has 0 fully saturated rings. The zero-order chi connectivity index (χ0) is 15.0. The number of para-hydroxylation sites is 1. The highest BCUT2D eigenvalue weighted by Gasteiger charge is 2.17. The summed E-state index contributed by atoms with van der Waals surface area (Å²) in [7, 11) is 0. The highest BCUT2D eigenvalue weighted by molar-refractivity contribution is 9.10. The molecule has 2 aromatic carbocycles. The number of rotatable bonds is 3. The molecule has 1 heterocycles. The Morgan fingerprint density at radius 3 is 2.71 bits per heavy atom. The molecule has 0 aliphatic carbocycles.